The number of hydrogen-bond donors (Lipinski definition) is 1. The molecule has 2 heterocycles. The number of anilines is 1. The molecule has 1 amide bonds. The molecule has 1 aromatic heterocycles. The Balaban J connectivity index is 1.25. The van der Waals surface area contributed by atoms with Gasteiger partial charge in [-0.25, -0.2) is 9.78 Å². The predicted octanol–water partition coefficient (Wildman–Crippen LogP) is 5.19. The number of carbonyl (C=O) groups is 1. The molecule has 0 spiro atoms. The third-order valence-electron chi connectivity index (χ3n) is 5.32. The molecular weight excluding hydrogens is 406 g/mol. The predicted molar refractivity (Wildman–Crippen MR) is 122 cm³/mol. The summed E-state index contributed by atoms with van der Waals surface area (Å²) in [6.07, 6.45) is 3.57. The van der Waals surface area contributed by atoms with Crippen LogP contribution in [0.25, 0.3) is 16.7 Å². The van der Waals surface area contributed by atoms with Crippen LogP contribution < -0.4 is 14.8 Å². The molecule has 1 saturated heterocycles. The molecule has 0 aliphatic carbocycles. The van der Waals surface area contributed by atoms with E-state index in [1.54, 1.807) is 18.5 Å². The molecule has 1 N–H and O–H groups in total. The largest absolute Gasteiger partial charge is 0.491 e. The molecule has 5 rings (SSSR count). The molecule has 1 fully saturated rings. The van der Waals surface area contributed by atoms with Crippen LogP contribution in [0.15, 0.2) is 79.1 Å². The second-order valence-electron chi connectivity index (χ2n) is 7.59. The first-order chi connectivity index (χ1) is 15.7. The number of amides is 1. The van der Waals surface area contributed by atoms with Crippen LogP contribution in [0.2, 0.25) is 0 Å². The van der Waals surface area contributed by atoms with Crippen molar-refractivity contribution in [3.63, 3.8) is 0 Å². The van der Waals surface area contributed by atoms with Crippen LogP contribution in [-0.4, -0.2) is 35.0 Å². The first-order valence-electron chi connectivity index (χ1n) is 10.6. The summed E-state index contributed by atoms with van der Waals surface area (Å²) in [7, 11) is 0. The molecule has 162 valence electrons. The van der Waals surface area contributed by atoms with Crippen molar-refractivity contribution in [2.45, 2.75) is 18.9 Å². The SMILES string of the molecule is O=C(Nc1ccc(-n2cnc3cc(OCC4CCCO4)ccc32)cc1)Oc1ccccc1. The molecule has 4 aromatic rings. The summed E-state index contributed by atoms with van der Waals surface area (Å²) < 4.78 is 18.7. The lowest BCUT2D eigenvalue weighted by atomic mass is 10.2. The van der Waals surface area contributed by atoms with Gasteiger partial charge in [0.15, 0.2) is 0 Å². The highest BCUT2D eigenvalue weighted by Crippen LogP contribution is 2.24. The van der Waals surface area contributed by atoms with Gasteiger partial charge in [0.25, 0.3) is 0 Å². The zero-order valence-electron chi connectivity index (χ0n) is 17.4. The Labute approximate surface area is 185 Å². The third kappa shape index (κ3) is 4.58. The van der Waals surface area contributed by atoms with Crippen LogP contribution in [0.4, 0.5) is 10.5 Å². The number of nitrogens with zero attached hydrogens (tertiary/aromatic N) is 2. The van der Waals surface area contributed by atoms with Gasteiger partial charge >= 0.3 is 6.09 Å². The number of aromatic nitrogens is 2. The molecular formula is C25H23N3O4. The average molecular weight is 429 g/mol. The number of carbonyl (C=O) groups excluding carboxylic acids is 1. The maximum Gasteiger partial charge on any atom is 0.417 e. The minimum absolute atomic E-state index is 0.181. The van der Waals surface area contributed by atoms with E-state index in [1.165, 1.54) is 0 Å². The summed E-state index contributed by atoms with van der Waals surface area (Å²) in [5.41, 5.74) is 3.40. The minimum atomic E-state index is -0.535. The first kappa shape index (κ1) is 20.1. The van der Waals surface area contributed by atoms with Gasteiger partial charge in [0, 0.05) is 24.0 Å². The van der Waals surface area contributed by atoms with E-state index < -0.39 is 6.09 Å². The monoisotopic (exact) mass is 429 g/mol. The van der Waals surface area contributed by atoms with E-state index in [0.29, 0.717) is 18.0 Å². The lowest BCUT2D eigenvalue weighted by molar-refractivity contribution is 0.0680. The van der Waals surface area contributed by atoms with Gasteiger partial charge in [0.05, 0.1) is 17.1 Å². The van der Waals surface area contributed by atoms with Crippen molar-refractivity contribution in [3.05, 3.63) is 79.1 Å². The standard InChI is InChI=1S/C25H23N3O4/c29-25(32-20-5-2-1-3-6-20)27-18-8-10-19(11-9-18)28-17-26-23-15-21(12-13-24(23)28)31-16-22-7-4-14-30-22/h1-3,5-6,8-13,15,17,22H,4,7,14,16H2,(H,27,29). The van der Waals surface area contributed by atoms with Crippen molar-refractivity contribution >= 4 is 22.8 Å². The quantitative estimate of drug-likeness (QED) is 0.456. The summed E-state index contributed by atoms with van der Waals surface area (Å²) >= 11 is 0. The van der Waals surface area contributed by atoms with Crippen LogP contribution in [0, 0.1) is 0 Å². The molecule has 1 aliphatic heterocycles. The van der Waals surface area contributed by atoms with Gasteiger partial charge in [-0.3, -0.25) is 9.88 Å². The fraction of sp³-hybridized carbons (Fsp3) is 0.200. The maximum atomic E-state index is 12.1. The van der Waals surface area contributed by atoms with Crippen LogP contribution in [-0.2, 0) is 4.74 Å². The van der Waals surface area contributed by atoms with Crippen molar-refractivity contribution in [2.24, 2.45) is 0 Å². The Bertz CT molecular complexity index is 1200. The Morgan fingerprint density at radius 1 is 1.06 bits per heavy atom. The van der Waals surface area contributed by atoms with Crippen molar-refractivity contribution in [3.8, 4) is 17.2 Å². The summed E-state index contributed by atoms with van der Waals surface area (Å²) in [6.45, 7) is 1.38. The van der Waals surface area contributed by atoms with Crippen LogP contribution in [0.5, 0.6) is 11.5 Å². The number of hydrogen-bond acceptors (Lipinski definition) is 5. The van der Waals surface area contributed by atoms with E-state index in [2.05, 4.69) is 10.3 Å². The molecule has 1 atom stereocenters. The van der Waals surface area contributed by atoms with Crippen molar-refractivity contribution < 1.29 is 19.0 Å². The lowest BCUT2D eigenvalue weighted by Gasteiger charge is -2.11. The number of imidazole rings is 1. The molecule has 1 unspecified atom stereocenters. The third-order valence-corrected chi connectivity index (χ3v) is 5.32. The fourth-order valence-corrected chi connectivity index (χ4v) is 3.70. The van der Waals surface area contributed by atoms with E-state index in [1.807, 2.05) is 65.2 Å². The van der Waals surface area contributed by atoms with Gasteiger partial charge in [0.2, 0.25) is 0 Å². The average Bonchev–Trinajstić information content (AvgIpc) is 3.48. The first-order valence-corrected chi connectivity index (χ1v) is 10.6. The number of ether oxygens (including phenoxy) is 3. The molecule has 7 heteroatoms. The lowest BCUT2D eigenvalue weighted by Crippen LogP contribution is -2.16. The summed E-state index contributed by atoms with van der Waals surface area (Å²) in [5.74, 6) is 1.28. The molecule has 1 aliphatic rings. The Morgan fingerprint density at radius 2 is 1.91 bits per heavy atom. The highest BCUT2D eigenvalue weighted by atomic mass is 16.6. The second kappa shape index (κ2) is 9.11. The van der Waals surface area contributed by atoms with Crippen LogP contribution in [0.1, 0.15) is 12.8 Å². The van der Waals surface area contributed by atoms with Crippen molar-refractivity contribution in [1.82, 2.24) is 9.55 Å². The van der Waals surface area contributed by atoms with Crippen molar-refractivity contribution in [2.75, 3.05) is 18.5 Å². The summed E-state index contributed by atoms with van der Waals surface area (Å²) in [6, 6.07) is 22.3. The zero-order valence-corrected chi connectivity index (χ0v) is 17.4. The molecule has 3 aromatic carbocycles. The minimum Gasteiger partial charge on any atom is -0.491 e. The number of para-hydroxylation sites is 1. The van der Waals surface area contributed by atoms with Gasteiger partial charge in [-0.2, -0.15) is 0 Å². The van der Waals surface area contributed by atoms with Gasteiger partial charge in [-0.05, 0) is 61.4 Å². The normalized spacial score (nSPS) is 15.6. The number of fused-ring (bicyclic) bond motifs is 1. The molecule has 0 saturated carbocycles. The number of benzene rings is 3. The molecule has 7 nitrogen and oxygen atoms in total. The van der Waals surface area contributed by atoms with Crippen LogP contribution >= 0.6 is 0 Å². The topological polar surface area (TPSA) is 74.6 Å². The smallest absolute Gasteiger partial charge is 0.417 e. The Hall–Kier alpha value is -3.84. The van der Waals surface area contributed by atoms with Gasteiger partial charge in [-0.15, -0.1) is 0 Å². The maximum absolute atomic E-state index is 12.1. The van der Waals surface area contributed by atoms with E-state index >= 15 is 0 Å². The van der Waals surface area contributed by atoms with E-state index in [-0.39, 0.29) is 6.10 Å². The number of nitrogens with one attached hydrogen (secondary N) is 1. The second-order valence-corrected chi connectivity index (χ2v) is 7.59. The van der Waals surface area contributed by atoms with Gasteiger partial charge in [0.1, 0.15) is 24.4 Å². The van der Waals surface area contributed by atoms with Crippen LogP contribution in [0.3, 0.4) is 0 Å². The number of rotatable bonds is 6. The van der Waals surface area contributed by atoms with Gasteiger partial charge < -0.3 is 14.2 Å². The molecule has 0 radical (unpaired) electrons. The fourth-order valence-electron chi connectivity index (χ4n) is 3.70. The zero-order chi connectivity index (χ0) is 21.8. The highest BCUT2D eigenvalue weighted by Gasteiger charge is 2.16. The van der Waals surface area contributed by atoms with E-state index in [0.717, 1.165) is 41.9 Å². The molecule has 0 bridgehead atoms. The van der Waals surface area contributed by atoms with E-state index in [9.17, 15) is 4.79 Å². The molecule has 32 heavy (non-hydrogen) atoms. The highest BCUT2D eigenvalue weighted by molar-refractivity contribution is 5.86. The van der Waals surface area contributed by atoms with Gasteiger partial charge in [-0.1, -0.05) is 18.2 Å². The van der Waals surface area contributed by atoms with E-state index in [4.69, 9.17) is 14.2 Å². The summed E-state index contributed by atoms with van der Waals surface area (Å²) in [5, 5.41) is 2.73. The van der Waals surface area contributed by atoms with Crippen molar-refractivity contribution in [1.29, 1.82) is 0 Å². The Morgan fingerprint density at radius 3 is 2.69 bits per heavy atom. The Kier molecular flexibility index (Phi) is 5.72. The summed E-state index contributed by atoms with van der Waals surface area (Å²) in [4.78, 5) is 16.6.